The third-order valence-electron chi connectivity index (χ3n) is 6.79. The van der Waals surface area contributed by atoms with Crippen LogP contribution in [0.1, 0.15) is 41.7 Å². The molecule has 0 saturated carbocycles. The summed E-state index contributed by atoms with van der Waals surface area (Å²) in [5.74, 6) is -2.68. The van der Waals surface area contributed by atoms with Crippen molar-refractivity contribution >= 4 is 40.9 Å². The molecule has 6 nitrogen and oxygen atoms in total. The molecule has 7 heteroatoms. The van der Waals surface area contributed by atoms with Crippen molar-refractivity contribution in [3.63, 3.8) is 0 Å². The van der Waals surface area contributed by atoms with E-state index in [1.54, 1.807) is 12.1 Å². The van der Waals surface area contributed by atoms with Crippen LogP contribution in [0.2, 0.25) is 0 Å². The average Bonchev–Trinajstić information content (AvgIpc) is 2.94. The first kappa shape index (κ1) is 27.2. The molecule has 0 aromatic heterocycles. The van der Waals surface area contributed by atoms with Gasteiger partial charge in [0.1, 0.15) is 5.25 Å². The minimum Gasteiger partial charge on any atom is -0.481 e. The highest BCUT2D eigenvalue weighted by Gasteiger charge is 2.34. The Morgan fingerprint density at radius 3 is 2.24 bits per heavy atom. The summed E-state index contributed by atoms with van der Waals surface area (Å²) in [6.07, 6.45) is 5.26. The van der Waals surface area contributed by atoms with Crippen LogP contribution in [0.4, 0.5) is 11.4 Å². The van der Waals surface area contributed by atoms with Gasteiger partial charge in [0.05, 0.1) is 11.8 Å². The minimum atomic E-state index is -0.955. The first-order chi connectivity index (χ1) is 18.4. The highest BCUT2D eigenvalue weighted by Crippen LogP contribution is 2.37. The third kappa shape index (κ3) is 6.53. The fourth-order valence-electron chi connectivity index (χ4n) is 4.66. The molecule has 0 bridgehead atoms. The summed E-state index contributed by atoms with van der Waals surface area (Å²) in [5, 5.41) is 15.0. The second-order valence-electron chi connectivity index (χ2n) is 9.37. The summed E-state index contributed by atoms with van der Waals surface area (Å²) < 4.78 is 0. The molecule has 4 rings (SSSR count). The number of thioether (sulfide) groups is 1. The predicted octanol–water partition coefficient (Wildman–Crippen LogP) is 6.64. The van der Waals surface area contributed by atoms with Crippen molar-refractivity contribution in [2.75, 3.05) is 10.6 Å². The molecule has 3 atom stereocenters. The number of para-hydroxylation sites is 1. The molecule has 3 aromatic rings. The monoisotopic (exact) mass is 528 g/mol. The van der Waals surface area contributed by atoms with Crippen LogP contribution in [0.15, 0.2) is 89.8 Å². The number of carbonyl (C=O) groups is 3. The second-order valence-corrected chi connectivity index (χ2v) is 10.5. The number of aryl methyl sites for hydroxylation is 2. The molecular formula is C31H32N2O4S. The Balaban J connectivity index is 1.50. The van der Waals surface area contributed by atoms with E-state index in [9.17, 15) is 19.5 Å². The first-order valence-corrected chi connectivity index (χ1v) is 13.6. The zero-order chi connectivity index (χ0) is 27.1. The summed E-state index contributed by atoms with van der Waals surface area (Å²) in [7, 11) is 0. The Morgan fingerprint density at radius 1 is 0.895 bits per heavy atom. The van der Waals surface area contributed by atoms with Crippen molar-refractivity contribution in [2.45, 2.75) is 43.3 Å². The topological polar surface area (TPSA) is 95.5 Å². The number of benzene rings is 3. The van der Waals surface area contributed by atoms with Crippen LogP contribution in [0.25, 0.3) is 0 Å². The number of rotatable bonds is 9. The second kappa shape index (κ2) is 12.6. The van der Waals surface area contributed by atoms with Gasteiger partial charge in [-0.15, -0.1) is 11.8 Å². The van der Waals surface area contributed by atoms with Gasteiger partial charge in [0.25, 0.3) is 0 Å². The van der Waals surface area contributed by atoms with Crippen molar-refractivity contribution < 1.29 is 19.5 Å². The van der Waals surface area contributed by atoms with Crippen LogP contribution >= 0.6 is 11.8 Å². The number of carboxylic acids is 1. The molecule has 0 saturated heterocycles. The number of allylic oxidation sites excluding steroid dienone is 2. The Bertz CT molecular complexity index is 1320. The van der Waals surface area contributed by atoms with Gasteiger partial charge in [-0.3, -0.25) is 14.4 Å². The van der Waals surface area contributed by atoms with E-state index in [1.807, 2.05) is 79.7 Å². The van der Waals surface area contributed by atoms with Gasteiger partial charge in [0.2, 0.25) is 11.8 Å². The van der Waals surface area contributed by atoms with Crippen LogP contribution in [0.5, 0.6) is 0 Å². The summed E-state index contributed by atoms with van der Waals surface area (Å²) in [6, 6.07) is 23.0. The Labute approximate surface area is 227 Å². The van der Waals surface area contributed by atoms with Crippen molar-refractivity contribution in [3.05, 3.63) is 102 Å². The highest BCUT2D eigenvalue weighted by molar-refractivity contribution is 8.00. The maximum Gasteiger partial charge on any atom is 0.307 e. The van der Waals surface area contributed by atoms with Gasteiger partial charge in [-0.2, -0.15) is 0 Å². The molecule has 0 unspecified atom stereocenters. The Kier molecular flexibility index (Phi) is 9.02. The Hall–Kier alpha value is -3.84. The number of hydrogen-bond donors (Lipinski definition) is 3. The smallest absolute Gasteiger partial charge is 0.307 e. The quantitative estimate of drug-likeness (QED) is 0.214. The summed E-state index contributed by atoms with van der Waals surface area (Å²) in [6.45, 7) is 4.07. The van der Waals surface area contributed by atoms with Gasteiger partial charge in [-0.1, -0.05) is 67.6 Å². The van der Waals surface area contributed by atoms with E-state index in [0.717, 1.165) is 33.7 Å². The first-order valence-electron chi connectivity index (χ1n) is 12.8. The number of nitrogens with one attached hydrogen (secondary N) is 2. The van der Waals surface area contributed by atoms with Gasteiger partial charge < -0.3 is 15.7 Å². The van der Waals surface area contributed by atoms with E-state index in [4.69, 9.17) is 0 Å². The molecule has 3 N–H and O–H groups in total. The fraction of sp³-hybridized carbons (Fsp3) is 0.258. The zero-order valence-electron chi connectivity index (χ0n) is 21.5. The van der Waals surface area contributed by atoms with E-state index >= 15 is 0 Å². The standard InChI is InChI=1S/C31H32N2O4S/c1-3-21-13-9-10-20(2)27(21)33-30(35)28(22-11-5-4-6-12-22)38-24-18-16-23(17-19-24)32-29(34)25-14-7-8-15-26(25)31(36)37/h4-13,16-19,25-26,28H,3,14-15H2,1-2H3,(H,32,34)(H,33,35)(H,36,37)/t25-,26+,28-/m1/s1. The number of amides is 2. The molecule has 0 aliphatic heterocycles. The SMILES string of the molecule is CCc1cccc(C)c1NC(=O)[C@H](Sc1ccc(NC(=O)[C@@H]2CC=CC[C@@H]2C(=O)O)cc1)c1ccccc1. The third-order valence-corrected chi connectivity index (χ3v) is 8.06. The highest BCUT2D eigenvalue weighted by atomic mass is 32.2. The van der Waals surface area contributed by atoms with E-state index in [-0.39, 0.29) is 11.8 Å². The summed E-state index contributed by atoms with van der Waals surface area (Å²) >= 11 is 1.44. The van der Waals surface area contributed by atoms with Crippen molar-refractivity contribution in [1.29, 1.82) is 0 Å². The van der Waals surface area contributed by atoms with Crippen molar-refractivity contribution in [2.24, 2.45) is 11.8 Å². The lowest BCUT2D eigenvalue weighted by molar-refractivity contribution is -0.146. The maximum absolute atomic E-state index is 13.6. The molecular weight excluding hydrogens is 496 g/mol. The molecule has 0 fully saturated rings. The van der Waals surface area contributed by atoms with Crippen molar-refractivity contribution in [3.8, 4) is 0 Å². The lowest BCUT2D eigenvalue weighted by Gasteiger charge is -2.24. The molecule has 1 aliphatic rings. The minimum absolute atomic E-state index is 0.104. The van der Waals surface area contributed by atoms with Crippen LogP contribution in [-0.4, -0.2) is 22.9 Å². The number of anilines is 2. The predicted molar refractivity (Wildman–Crippen MR) is 152 cm³/mol. The van der Waals surface area contributed by atoms with Gasteiger partial charge in [0.15, 0.2) is 0 Å². The fourth-order valence-corrected chi connectivity index (χ4v) is 5.68. The van der Waals surface area contributed by atoms with E-state index in [1.165, 1.54) is 11.8 Å². The Morgan fingerprint density at radius 2 is 1.58 bits per heavy atom. The molecule has 0 heterocycles. The van der Waals surface area contributed by atoms with E-state index in [2.05, 4.69) is 17.6 Å². The van der Waals surface area contributed by atoms with Crippen LogP contribution in [0, 0.1) is 18.8 Å². The average molecular weight is 529 g/mol. The number of carboxylic acid groups (broad SMARTS) is 1. The summed E-state index contributed by atoms with van der Waals surface area (Å²) in [4.78, 5) is 38.8. The largest absolute Gasteiger partial charge is 0.481 e. The van der Waals surface area contributed by atoms with Gasteiger partial charge in [-0.25, -0.2) is 0 Å². The lowest BCUT2D eigenvalue weighted by atomic mass is 9.82. The molecule has 0 spiro atoms. The van der Waals surface area contributed by atoms with Gasteiger partial charge in [-0.05, 0) is 67.1 Å². The van der Waals surface area contributed by atoms with Gasteiger partial charge >= 0.3 is 5.97 Å². The molecule has 1 aliphatic carbocycles. The van der Waals surface area contributed by atoms with Crippen LogP contribution < -0.4 is 10.6 Å². The molecule has 38 heavy (non-hydrogen) atoms. The van der Waals surface area contributed by atoms with Crippen LogP contribution in [0.3, 0.4) is 0 Å². The number of carbonyl (C=O) groups excluding carboxylic acids is 2. The number of hydrogen-bond acceptors (Lipinski definition) is 4. The number of aliphatic carboxylic acids is 1. The summed E-state index contributed by atoms with van der Waals surface area (Å²) in [5.41, 5.74) is 4.45. The molecule has 0 radical (unpaired) electrons. The van der Waals surface area contributed by atoms with Crippen LogP contribution in [-0.2, 0) is 20.8 Å². The zero-order valence-corrected chi connectivity index (χ0v) is 22.3. The lowest BCUT2D eigenvalue weighted by Crippen LogP contribution is -2.34. The normalized spacial score (nSPS) is 17.4. The van der Waals surface area contributed by atoms with E-state index < -0.39 is 23.1 Å². The molecule has 196 valence electrons. The van der Waals surface area contributed by atoms with Crippen molar-refractivity contribution in [1.82, 2.24) is 0 Å². The van der Waals surface area contributed by atoms with E-state index in [0.29, 0.717) is 18.5 Å². The molecule has 2 amide bonds. The maximum atomic E-state index is 13.6. The van der Waals surface area contributed by atoms with Gasteiger partial charge in [0, 0.05) is 16.3 Å². The molecule has 3 aromatic carbocycles.